The van der Waals surface area contributed by atoms with Crippen molar-refractivity contribution < 1.29 is 33.6 Å². The molecule has 1 heterocycles. The molecule has 1 amide bonds. The number of benzene rings is 2. The highest BCUT2D eigenvalue weighted by molar-refractivity contribution is 6.46. The number of likely N-dealkylation sites (tertiary alicyclic amines) is 1. The molecule has 1 atom stereocenters. The van der Waals surface area contributed by atoms with E-state index in [1.54, 1.807) is 36.4 Å². The maximum Gasteiger partial charge on any atom is 0.295 e. The summed E-state index contributed by atoms with van der Waals surface area (Å²) in [6.45, 7) is 9.17. The lowest BCUT2D eigenvalue weighted by atomic mass is 9.94. The number of ether oxygens (including phenoxy) is 4. The largest absolute Gasteiger partial charge is 0.507 e. The molecule has 0 spiro atoms. The Balaban J connectivity index is 2.16. The minimum absolute atomic E-state index is 0.00560. The molecule has 0 saturated carbocycles. The standard InChI is InChI=1S/C29H38N2O7/c1-7-16-38-21-12-10-19(11-13-21)26(32)24-25(20-17-22(35-4)28(37-6)23(18-20)36-5)31(29(34)27(24)33)15-14-30(8-2)9-3/h10-13,17-18,25,32H,7-9,14-16H2,1-6H3/b26-24+. The summed E-state index contributed by atoms with van der Waals surface area (Å²) in [5.74, 6) is 0.148. The molecular formula is C29H38N2O7. The van der Waals surface area contributed by atoms with Gasteiger partial charge in [0.2, 0.25) is 5.75 Å². The monoisotopic (exact) mass is 526 g/mol. The highest BCUT2D eigenvalue weighted by Gasteiger charge is 2.46. The van der Waals surface area contributed by atoms with Gasteiger partial charge in [0.15, 0.2) is 11.5 Å². The molecular weight excluding hydrogens is 488 g/mol. The van der Waals surface area contributed by atoms with E-state index in [9.17, 15) is 14.7 Å². The fraction of sp³-hybridized carbons (Fsp3) is 0.448. The first-order valence-electron chi connectivity index (χ1n) is 12.9. The minimum atomic E-state index is -0.852. The van der Waals surface area contributed by atoms with Gasteiger partial charge in [-0.1, -0.05) is 20.8 Å². The van der Waals surface area contributed by atoms with Crippen LogP contribution in [0, 0.1) is 0 Å². The van der Waals surface area contributed by atoms with Gasteiger partial charge >= 0.3 is 0 Å². The van der Waals surface area contributed by atoms with E-state index in [4.69, 9.17) is 18.9 Å². The molecule has 0 bridgehead atoms. The number of ketones is 1. The van der Waals surface area contributed by atoms with Crippen LogP contribution in [0.1, 0.15) is 44.4 Å². The number of rotatable bonds is 13. The molecule has 38 heavy (non-hydrogen) atoms. The third-order valence-electron chi connectivity index (χ3n) is 6.69. The Morgan fingerprint density at radius 1 is 0.947 bits per heavy atom. The van der Waals surface area contributed by atoms with Crippen LogP contribution in [-0.4, -0.2) is 80.7 Å². The van der Waals surface area contributed by atoms with Crippen molar-refractivity contribution in [3.05, 3.63) is 53.1 Å². The lowest BCUT2D eigenvalue weighted by molar-refractivity contribution is -0.140. The minimum Gasteiger partial charge on any atom is -0.507 e. The van der Waals surface area contributed by atoms with Gasteiger partial charge in [0.25, 0.3) is 11.7 Å². The second-order valence-electron chi connectivity index (χ2n) is 8.85. The molecule has 0 radical (unpaired) electrons. The molecule has 0 aromatic heterocycles. The predicted octanol–water partition coefficient (Wildman–Crippen LogP) is 4.26. The first-order chi connectivity index (χ1) is 18.3. The van der Waals surface area contributed by atoms with E-state index in [1.807, 2.05) is 20.8 Å². The van der Waals surface area contributed by atoms with Crippen LogP contribution in [0.15, 0.2) is 42.0 Å². The first kappa shape index (κ1) is 28.8. The van der Waals surface area contributed by atoms with E-state index in [0.717, 1.165) is 19.5 Å². The molecule has 2 aromatic rings. The molecule has 9 nitrogen and oxygen atoms in total. The SMILES string of the molecule is CCCOc1ccc(/C(O)=C2\C(=O)C(=O)N(CCN(CC)CC)C2c2cc(OC)c(OC)c(OC)c2)cc1. The Morgan fingerprint density at radius 2 is 1.55 bits per heavy atom. The van der Waals surface area contributed by atoms with Crippen LogP contribution in [0.4, 0.5) is 0 Å². The molecule has 1 aliphatic heterocycles. The van der Waals surface area contributed by atoms with Gasteiger partial charge in [-0.3, -0.25) is 9.59 Å². The lowest BCUT2D eigenvalue weighted by Gasteiger charge is -2.29. The van der Waals surface area contributed by atoms with Gasteiger partial charge < -0.3 is 33.9 Å². The van der Waals surface area contributed by atoms with Gasteiger partial charge in [-0.25, -0.2) is 0 Å². The topological polar surface area (TPSA) is 97.8 Å². The van der Waals surface area contributed by atoms with Crippen molar-refractivity contribution in [2.45, 2.75) is 33.2 Å². The predicted molar refractivity (Wildman–Crippen MR) is 145 cm³/mol. The Labute approximate surface area is 224 Å². The van der Waals surface area contributed by atoms with Crippen molar-refractivity contribution in [2.24, 2.45) is 0 Å². The number of carbonyl (C=O) groups is 2. The van der Waals surface area contributed by atoms with Crippen LogP contribution < -0.4 is 18.9 Å². The van der Waals surface area contributed by atoms with Crippen molar-refractivity contribution in [3.63, 3.8) is 0 Å². The number of carbonyl (C=O) groups excluding carboxylic acids is 2. The van der Waals surface area contributed by atoms with Gasteiger partial charge in [-0.05, 0) is 61.5 Å². The van der Waals surface area contributed by atoms with Crippen LogP contribution in [0.5, 0.6) is 23.0 Å². The summed E-state index contributed by atoms with van der Waals surface area (Å²) >= 11 is 0. The van der Waals surface area contributed by atoms with E-state index in [2.05, 4.69) is 4.90 Å². The number of amides is 1. The average molecular weight is 527 g/mol. The van der Waals surface area contributed by atoms with E-state index < -0.39 is 17.7 Å². The summed E-state index contributed by atoms with van der Waals surface area (Å²) < 4.78 is 22.2. The first-order valence-corrected chi connectivity index (χ1v) is 12.9. The summed E-state index contributed by atoms with van der Waals surface area (Å²) in [5.41, 5.74) is 0.974. The number of likely N-dealkylation sites (N-methyl/N-ethyl adjacent to an activating group) is 1. The maximum atomic E-state index is 13.4. The molecule has 1 fully saturated rings. The Morgan fingerprint density at radius 3 is 2.05 bits per heavy atom. The Hall–Kier alpha value is -3.72. The lowest BCUT2D eigenvalue weighted by Crippen LogP contribution is -2.38. The Kier molecular flexibility index (Phi) is 10.0. The molecule has 1 N–H and O–H groups in total. The van der Waals surface area contributed by atoms with E-state index >= 15 is 0 Å². The molecule has 1 unspecified atom stereocenters. The summed E-state index contributed by atoms with van der Waals surface area (Å²) in [6.07, 6.45) is 0.869. The van der Waals surface area contributed by atoms with Crippen molar-refractivity contribution in [1.29, 1.82) is 0 Å². The highest BCUT2D eigenvalue weighted by atomic mass is 16.5. The van der Waals surface area contributed by atoms with Gasteiger partial charge in [0, 0.05) is 18.7 Å². The zero-order valence-corrected chi connectivity index (χ0v) is 23.1. The smallest absolute Gasteiger partial charge is 0.295 e. The normalized spacial score (nSPS) is 16.7. The molecule has 1 aliphatic rings. The van der Waals surface area contributed by atoms with Crippen LogP contribution in [0.25, 0.3) is 5.76 Å². The molecule has 9 heteroatoms. The van der Waals surface area contributed by atoms with Gasteiger partial charge in [0.1, 0.15) is 11.5 Å². The summed E-state index contributed by atoms with van der Waals surface area (Å²) in [5, 5.41) is 11.4. The van der Waals surface area contributed by atoms with Crippen LogP contribution in [0.3, 0.4) is 0 Å². The second kappa shape index (κ2) is 13.2. The number of hydrogen-bond acceptors (Lipinski definition) is 8. The quantitative estimate of drug-likeness (QED) is 0.235. The summed E-state index contributed by atoms with van der Waals surface area (Å²) in [4.78, 5) is 30.4. The second-order valence-corrected chi connectivity index (χ2v) is 8.85. The maximum absolute atomic E-state index is 13.4. The van der Waals surface area contributed by atoms with Crippen LogP contribution >= 0.6 is 0 Å². The number of Topliss-reactive ketones (excluding diaryl/α,β-unsaturated/α-hetero) is 1. The summed E-state index contributed by atoms with van der Waals surface area (Å²) in [7, 11) is 4.51. The molecule has 206 valence electrons. The average Bonchev–Trinajstić information content (AvgIpc) is 3.20. The zero-order valence-electron chi connectivity index (χ0n) is 23.1. The van der Waals surface area contributed by atoms with Crippen molar-refractivity contribution in [1.82, 2.24) is 9.80 Å². The van der Waals surface area contributed by atoms with Crippen molar-refractivity contribution >= 4 is 17.4 Å². The third kappa shape index (κ3) is 5.88. The fourth-order valence-electron chi connectivity index (χ4n) is 4.59. The number of aliphatic hydroxyl groups is 1. The number of aliphatic hydroxyl groups excluding tert-OH is 1. The van der Waals surface area contributed by atoms with Gasteiger partial charge in [-0.2, -0.15) is 0 Å². The van der Waals surface area contributed by atoms with E-state index in [1.165, 1.54) is 26.2 Å². The zero-order chi connectivity index (χ0) is 27.8. The number of methoxy groups -OCH3 is 3. The molecule has 1 saturated heterocycles. The van der Waals surface area contributed by atoms with Gasteiger partial charge in [-0.15, -0.1) is 0 Å². The molecule has 3 rings (SSSR count). The Bertz CT molecular complexity index is 1130. The summed E-state index contributed by atoms with van der Waals surface area (Å²) in [6, 6.07) is 9.38. The fourth-order valence-corrected chi connectivity index (χ4v) is 4.59. The van der Waals surface area contributed by atoms with Crippen molar-refractivity contribution in [2.75, 3.05) is 54.1 Å². The van der Waals surface area contributed by atoms with Gasteiger partial charge in [0.05, 0.1) is 39.6 Å². The number of nitrogens with zero attached hydrogens (tertiary/aromatic N) is 2. The van der Waals surface area contributed by atoms with Crippen LogP contribution in [0.2, 0.25) is 0 Å². The van der Waals surface area contributed by atoms with E-state index in [0.29, 0.717) is 53.8 Å². The third-order valence-corrected chi connectivity index (χ3v) is 6.69. The van der Waals surface area contributed by atoms with E-state index in [-0.39, 0.29) is 11.3 Å². The van der Waals surface area contributed by atoms with Crippen LogP contribution in [-0.2, 0) is 9.59 Å². The highest BCUT2D eigenvalue weighted by Crippen LogP contribution is 2.45. The van der Waals surface area contributed by atoms with Crippen molar-refractivity contribution in [3.8, 4) is 23.0 Å². The number of hydrogen-bond donors (Lipinski definition) is 1. The molecule has 0 aliphatic carbocycles. The molecule has 2 aromatic carbocycles.